The second-order valence-electron chi connectivity index (χ2n) is 3.86. The number of nitrogens with two attached hydrogens (primary N) is 1. The lowest BCUT2D eigenvalue weighted by atomic mass is 10.1. The molecular weight excluding hydrogens is 258 g/mol. The Kier molecular flexibility index (Phi) is 5.13. The number of carbonyl (C=O) groups excluding carboxylic acids is 1. The van der Waals surface area contributed by atoms with Gasteiger partial charge < -0.3 is 15.2 Å². The molecular formula is C14H13N3O3. The van der Waals surface area contributed by atoms with Crippen LogP contribution in [0.5, 0.6) is 11.5 Å². The van der Waals surface area contributed by atoms with E-state index in [1.54, 1.807) is 6.07 Å². The Morgan fingerprint density at radius 2 is 2.05 bits per heavy atom. The van der Waals surface area contributed by atoms with Gasteiger partial charge in [-0.2, -0.15) is 10.5 Å². The van der Waals surface area contributed by atoms with Crippen LogP contribution in [0.2, 0.25) is 0 Å². The van der Waals surface area contributed by atoms with Crippen molar-refractivity contribution >= 4 is 5.78 Å². The highest BCUT2D eigenvalue weighted by Gasteiger charge is 2.14. The van der Waals surface area contributed by atoms with Crippen molar-refractivity contribution in [2.45, 2.75) is 6.92 Å². The van der Waals surface area contributed by atoms with Gasteiger partial charge in [0, 0.05) is 11.8 Å². The summed E-state index contributed by atoms with van der Waals surface area (Å²) < 4.78 is 10.4. The largest absolute Gasteiger partial charge is 0.493 e. The maximum absolute atomic E-state index is 11.7. The van der Waals surface area contributed by atoms with Crippen molar-refractivity contribution in [1.82, 2.24) is 0 Å². The van der Waals surface area contributed by atoms with Crippen LogP contribution in [-0.2, 0) is 4.79 Å². The maximum atomic E-state index is 11.7. The molecule has 0 fully saturated rings. The van der Waals surface area contributed by atoms with Crippen molar-refractivity contribution < 1.29 is 14.3 Å². The number of methoxy groups -OCH3 is 1. The summed E-state index contributed by atoms with van der Waals surface area (Å²) in [5.74, 6) is 0.134. The molecule has 0 aliphatic rings. The van der Waals surface area contributed by atoms with E-state index in [2.05, 4.69) is 0 Å². The lowest BCUT2D eigenvalue weighted by Gasteiger charge is -2.10. The minimum Gasteiger partial charge on any atom is -0.493 e. The van der Waals surface area contributed by atoms with Crippen LogP contribution in [-0.4, -0.2) is 19.5 Å². The van der Waals surface area contributed by atoms with E-state index >= 15 is 0 Å². The summed E-state index contributed by atoms with van der Waals surface area (Å²) in [5, 5.41) is 17.6. The number of carbonyl (C=O) groups is 1. The highest BCUT2D eigenvalue weighted by Crippen LogP contribution is 2.27. The summed E-state index contributed by atoms with van der Waals surface area (Å²) in [4.78, 5) is 11.7. The number of hydrogen-bond acceptors (Lipinski definition) is 6. The first kappa shape index (κ1) is 15.1. The van der Waals surface area contributed by atoms with E-state index in [0.717, 1.165) is 0 Å². The first-order chi connectivity index (χ1) is 9.53. The van der Waals surface area contributed by atoms with Gasteiger partial charge in [-0.1, -0.05) is 0 Å². The van der Waals surface area contributed by atoms with Crippen LogP contribution in [0.15, 0.2) is 29.5 Å². The minimum atomic E-state index is -0.515. The third kappa shape index (κ3) is 3.50. The molecule has 0 unspecified atom stereocenters. The number of ketones is 1. The summed E-state index contributed by atoms with van der Waals surface area (Å²) in [6.45, 7) is 1.14. The molecule has 0 heterocycles. The monoisotopic (exact) mass is 271 g/mol. The van der Waals surface area contributed by atoms with E-state index in [9.17, 15) is 4.79 Å². The second-order valence-corrected chi connectivity index (χ2v) is 3.86. The Bertz CT molecular complexity index is 632. The molecule has 0 aliphatic heterocycles. The van der Waals surface area contributed by atoms with Crippen LogP contribution in [0.3, 0.4) is 0 Å². The molecule has 102 valence electrons. The average molecular weight is 271 g/mol. The number of ether oxygens (including phenoxy) is 2. The third-order valence-electron chi connectivity index (χ3n) is 2.44. The van der Waals surface area contributed by atoms with E-state index in [1.807, 2.05) is 6.07 Å². The zero-order chi connectivity index (χ0) is 15.1. The highest BCUT2D eigenvalue weighted by molar-refractivity contribution is 6.00. The molecule has 1 aromatic carbocycles. The van der Waals surface area contributed by atoms with Crippen LogP contribution in [0.1, 0.15) is 12.5 Å². The van der Waals surface area contributed by atoms with Crippen LogP contribution in [0.25, 0.3) is 0 Å². The zero-order valence-corrected chi connectivity index (χ0v) is 11.1. The molecule has 0 saturated heterocycles. The SMILES string of the molecule is COc1cc(C#N)ccc1OCC(=O)C(C#N)=C(C)N. The van der Waals surface area contributed by atoms with Gasteiger partial charge in [0.1, 0.15) is 11.6 Å². The Balaban J connectivity index is 2.87. The molecule has 0 saturated carbocycles. The minimum absolute atomic E-state index is 0.127. The van der Waals surface area contributed by atoms with Crippen molar-refractivity contribution in [2.24, 2.45) is 5.73 Å². The molecule has 2 N–H and O–H groups in total. The van der Waals surface area contributed by atoms with Crippen molar-refractivity contribution in [3.05, 3.63) is 35.0 Å². The molecule has 0 aliphatic carbocycles. The summed E-state index contributed by atoms with van der Waals surface area (Å²) in [6, 6.07) is 8.26. The normalized spacial score (nSPS) is 10.8. The van der Waals surface area contributed by atoms with Gasteiger partial charge in [-0.3, -0.25) is 4.79 Å². The van der Waals surface area contributed by atoms with Crippen LogP contribution in [0, 0.1) is 22.7 Å². The molecule has 0 atom stereocenters. The van der Waals surface area contributed by atoms with Crippen LogP contribution in [0.4, 0.5) is 0 Å². The third-order valence-corrected chi connectivity index (χ3v) is 2.44. The fraction of sp³-hybridized carbons (Fsp3) is 0.214. The van der Waals surface area contributed by atoms with Crippen LogP contribution < -0.4 is 15.2 Å². The Morgan fingerprint density at radius 3 is 2.55 bits per heavy atom. The number of Topliss-reactive ketones (excluding diaryl/α,β-unsaturated/α-hetero) is 1. The van der Waals surface area contributed by atoms with Gasteiger partial charge in [-0.25, -0.2) is 0 Å². The Labute approximate surface area is 116 Å². The van der Waals surface area contributed by atoms with E-state index in [4.69, 9.17) is 25.7 Å². The summed E-state index contributed by atoms with van der Waals surface area (Å²) >= 11 is 0. The van der Waals surface area contributed by atoms with Gasteiger partial charge in [0.2, 0.25) is 5.78 Å². The van der Waals surface area contributed by atoms with E-state index < -0.39 is 5.78 Å². The molecule has 0 radical (unpaired) electrons. The first-order valence-corrected chi connectivity index (χ1v) is 5.64. The molecule has 6 nitrogen and oxygen atoms in total. The molecule has 0 spiro atoms. The fourth-order valence-electron chi connectivity index (χ4n) is 1.44. The van der Waals surface area contributed by atoms with Crippen molar-refractivity contribution in [3.8, 4) is 23.6 Å². The molecule has 0 aromatic heterocycles. The van der Waals surface area contributed by atoms with Gasteiger partial charge in [0.05, 0.1) is 18.7 Å². The number of nitrogens with zero attached hydrogens (tertiary/aromatic N) is 2. The van der Waals surface area contributed by atoms with Crippen molar-refractivity contribution in [1.29, 1.82) is 10.5 Å². The highest BCUT2D eigenvalue weighted by atomic mass is 16.5. The molecule has 0 bridgehead atoms. The number of allylic oxidation sites excluding steroid dienone is 1. The number of nitriles is 2. The van der Waals surface area contributed by atoms with Gasteiger partial charge in [0.15, 0.2) is 18.1 Å². The topological polar surface area (TPSA) is 109 Å². The van der Waals surface area contributed by atoms with Crippen molar-refractivity contribution in [2.75, 3.05) is 13.7 Å². The molecule has 0 amide bonds. The smallest absolute Gasteiger partial charge is 0.212 e. The van der Waals surface area contributed by atoms with Gasteiger partial charge in [-0.15, -0.1) is 0 Å². The van der Waals surface area contributed by atoms with E-state index in [0.29, 0.717) is 17.1 Å². The molecule has 1 aromatic rings. The predicted octanol–water partition coefficient (Wildman–Crippen LogP) is 1.27. The standard InChI is InChI=1S/C14H13N3O3/c1-9(17)11(7-16)12(18)8-20-13-4-3-10(6-15)5-14(13)19-2/h3-5H,8,17H2,1-2H3. The molecule has 6 heteroatoms. The average Bonchev–Trinajstić information content (AvgIpc) is 2.45. The zero-order valence-electron chi connectivity index (χ0n) is 11.1. The fourth-order valence-corrected chi connectivity index (χ4v) is 1.44. The number of benzene rings is 1. The van der Waals surface area contributed by atoms with Gasteiger partial charge in [-0.05, 0) is 19.1 Å². The van der Waals surface area contributed by atoms with Crippen molar-refractivity contribution in [3.63, 3.8) is 0 Å². The van der Waals surface area contributed by atoms with E-state index in [-0.39, 0.29) is 17.9 Å². The number of hydrogen-bond donors (Lipinski definition) is 1. The second kappa shape index (κ2) is 6.81. The number of rotatable bonds is 5. The summed E-state index contributed by atoms with van der Waals surface area (Å²) in [5.41, 5.74) is 5.86. The van der Waals surface area contributed by atoms with E-state index in [1.165, 1.54) is 32.2 Å². The lowest BCUT2D eigenvalue weighted by molar-refractivity contribution is -0.117. The van der Waals surface area contributed by atoms with Crippen LogP contribution >= 0.6 is 0 Å². The molecule has 20 heavy (non-hydrogen) atoms. The summed E-state index contributed by atoms with van der Waals surface area (Å²) in [7, 11) is 1.43. The van der Waals surface area contributed by atoms with Gasteiger partial charge in [0.25, 0.3) is 0 Å². The lowest BCUT2D eigenvalue weighted by Crippen LogP contribution is -2.16. The summed E-state index contributed by atoms with van der Waals surface area (Å²) in [6.07, 6.45) is 0. The first-order valence-electron chi connectivity index (χ1n) is 5.64. The van der Waals surface area contributed by atoms with Gasteiger partial charge >= 0.3 is 0 Å². The Morgan fingerprint density at radius 1 is 1.35 bits per heavy atom. The quantitative estimate of drug-likeness (QED) is 0.638. The maximum Gasteiger partial charge on any atom is 0.212 e. The molecule has 1 rings (SSSR count). The predicted molar refractivity (Wildman–Crippen MR) is 70.7 cm³/mol. The Hall–Kier alpha value is -2.99.